The summed E-state index contributed by atoms with van der Waals surface area (Å²) in [6.07, 6.45) is 0. The molecule has 0 aromatic heterocycles. The molecule has 5 heteroatoms. The van der Waals surface area contributed by atoms with Crippen LogP contribution in [0.2, 0.25) is 0 Å². The Labute approximate surface area is 148 Å². The predicted molar refractivity (Wildman–Crippen MR) is 96.4 cm³/mol. The molecule has 1 atom stereocenters. The van der Waals surface area contributed by atoms with Crippen LogP contribution in [0.5, 0.6) is 0 Å². The van der Waals surface area contributed by atoms with Crippen LogP contribution in [-0.4, -0.2) is 31.7 Å². The molecule has 0 fully saturated rings. The maximum atomic E-state index is 12.2. The summed E-state index contributed by atoms with van der Waals surface area (Å²) in [6.45, 7) is 3.55. The van der Waals surface area contributed by atoms with Crippen molar-refractivity contribution in [1.29, 1.82) is 0 Å². The molecule has 0 saturated heterocycles. The van der Waals surface area contributed by atoms with Crippen molar-refractivity contribution >= 4 is 17.6 Å². The molecule has 0 bridgehead atoms. The fourth-order valence-corrected chi connectivity index (χ4v) is 2.39. The molecule has 2 aromatic rings. The first-order chi connectivity index (χ1) is 11.9. The van der Waals surface area contributed by atoms with E-state index in [1.807, 2.05) is 36.4 Å². The Bertz CT molecular complexity index is 698. The number of methoxy groups -OCH3 is 1. The van der Waals surface area contributed by atoms with Gasteiger partial charge in [0.15, 0.2) is 0 Å². The highest BCUT2D eigenvalue weighted by Gasteiger charge is 2.39. The van der Waals surface area contributed by atoms with Gasteiger partial charge in [0, 0.05) is 5.69 Å². The molecular weight excluding hydrogens is 318 g/mol. The van der Waals surface area contributed by atoms with E-state index >= 15 is 0 Å². The zero-order valence-electron chi connectivity index (χ0n) is 14.7. The maximum Gasteiger partial charge on any atom is 0.338 e. The Hall–Kier alpha value is -2.82. The van der Waals surface area contributed by atoms with Gasteiger partial charge in [-0.05, 0) is 38.1 Å². The maximum absolute atomic E-state index is 12.2. The van der Waals surface area contributed by atoms with Crippen molar-refractivity contribution in [2.45, 2.75) is 19.9 Å². The first-order valence-electron chi connectivity index (χ1n) is 8.07. The SMILES string of the molecule is COC(=O)C(C)(C)C(COC(=O)c1ccccc1)Nc1ccccc1. The van der Waals surface area contributed by atoms with Crippen LogP contribution in [0.3, 0.4) is 0 Å². The average molecular weight is 341 g/mol. The van der Waals surface area contributed by atoms with Crippen molar-refractivity contribution in [3.63, 3.8) is 0 Å². The summed E-state index contributed by atoms with van der Waals surface area (Å²) in [5, 5.41) is 3.26. The van der Waals surface area contributed by atoms with Gasteiger partial charge in [0.2, 0.25) is 0 Å². The lowest BCUT2D eigenvalue weighted by molar-refractivity contribution is -0.152. The van der Waals surface area contributed by atoms with Gasteiger partial charge in [-0.25, -0.2) is 4.79 Å². The lowest BCUT2D eigenvalue weighted by atomic mass is 9.84. The van der Waals surface area contributed by atoms with Crippen LogP contribution in [0.15, 0.2) is 60.7 Å². The lowest BCUT2D eigenvalue weighted by Gasteiger charge is -2.32. The second kappa shape index (κ2) is 8.33. The Kier molecular flexibility index (Phi) is 6.17. The molecule has 0 radical (unpaired) electrons. The van der Waals surface area contributed by atoms with Crippen molar-refractivity contribution in [2.75, 3.05) is 19.0 Å². The number of rotatable bonds is 7. The molecule has 1 unspecified atom stereocenters. The van der Waals surface area contributed by atoms with Gasteiger partial charge in [0.05, 0.1) is 24.1 Å². The van der Waals surface area contributed by atoms with E-state index in [1.165, 1.54) is 7.11 Å². The number of esters is 2. The number of ether oxygens (including phenoxy) is 2. The predicted octanol–water partition coefficient (Wildman–Crippen LogP) is 3.52. The molecule has 2 rings (SSSR count). The smallest absolute Gasteiger partial charge is 0.338 e. The van der Waals surface area contributed by atoms with Gasteiger partial charge in [-0.2, -0.15) is 0 Å². The summed E-state index contributed by atoms with van der Waals surface area (Å²) in [4.78, 5) is 24.4. The number of anilines is 1. The second-order valence-corrected chi connectivity index (χ2v) is 6.24. The average Bonchev–Trinajstić information content (AvgIpc) is 2.65. The molecule has 0 aliphatic carbocycles. The molecule has 5 nitrogen and oxygen atoms in total. The van der Waals surface area contributed by atoms with Crippen LogP contribution in [0.4, 0.5) is 5.69 Å². The number of benzene rings is 2. The van der Waals surface area contributed by atoms with Crippen molar-refractivity contribution in [3.8, 4) is 0 Å². The first-order valence-corrected chi connectivity index (χ1v) is 8.07. The van der Waals surface area contributed by atoms with Crippen molar-refractivity contribution in [3.05, 3.63) is 66.2 Å². The molecule has 25 heavy (non-hydrogen) atoms. The number of hydrogen-bond acceptors (Lipinski definition) is 5. The van der Waals surface area contributed by atoms with Gasteiger partial charge < -0.3 is 14.8 Å². The zero-order chi connectivity index (χ0) is 18.3. The minimum atomic E-state index is -0.887. The van der Waals surface area contributed by atoms with Crippen LogP contribution >= 0.6 is 0 Å². The summed E-state index contributed by atoms with van der Waals surface area (Å²) in [5.41, 5.74) is 0.416. The van der Waals surface area contributed by atoms with E-state index in [0.29, 0.717) is 5.56 Å². The summed E-state index contributed by atoms with van der Waals surface area (Å²) in [5.74, 6) is -0.808. The van der Waals surface area contributed by atoms with Gasteiger partial charge in [-0.1, -0.05) is 36.4 Å². The zero-order valence-corrected chi connectivity index (χ0v) is 14.7. The van der Waals surface area contributed by atoms with Gasteiger partial charge in [-0.3, -0.25) is 4.79 Å². The Morgan fingerprint density at radius 1 is 1.00 bits per heavy atom. The third-order valence-electron chi connectivity index (χ3n) is 4.09. The second-order valence-electron chi connectivity index (χ2n) is 6.24. The third kappa shape index (κ3) is 4.83. The normalized spacial score (nSPS) is 12.1. The van der Waals surface area contributed by atoms with Gasteiger partial charge >= 0.3 is 11.9 Å². The van der Waals surface area contributed by atoms with Gasteiger partial charge in [0.25, 0.3) is 0 Å². The van der Waals surface area contributed by atoms with Crippen LogP contribution in [-0.2, 0) is 14.3 Å². The number of nitrogens with one attached hydrogen (secondary N) is 1. The van der Waals surface area contributed by atoms with Crippen molar-refractivity contribution in [1.82, 2.24) is 0 Å². The van der Waals surface area contributed by atoms with E-state index in [1.54, 1.807) is 38.1 Å². The van der Waals surface area contributed by atoms with Crippen molar-refractivity contribution in [2.24, 2.45) is 5.41 Å². The largest absolute Gasteiger partial charge is 0.469 e. The molecule has 0 heterocycles. The van der Waals surface area contributed by atoms with Crippen molar-refractivity contribution < 1.29 is 19.1 Å². The molecule has 0 saturated carbocycles. The van der Waals surface area contributed by atoms with E-state index < -0.39 is 17.4 Å². The Balaban J connectivity index is 2.14. The van der Waals surface area contributed by atoms with Gasteiger partial charge in [-0.15, -0.1) is 0 Å². The van der Waals surface area contributed by atoms with Crippen LogP contribution < -0.4 is 5.32 Å². The van der Waals surface area contributed by atoms with Gasteiger partial charge in [0.1, 0.15) is 6.61 Å². The Morgan fingerprint density at radius 2 is 1.56 bits per heavy atom. The monoisotopic (exact) mass is 341 g/mol. The molecule has 1 N–H and O–H groups in total. The fraction of sp³-hybridized carbons (Fsp3) is 0.300. The van der Waals surface area contributed by atoms with Crippen LogP contribution in [0.25, 0.3) is 0 Å². The lowest BCUT2D eigenvalue weighted by Crippen LogP contribution is -2.46. The third-order valence-corrected chi connectivity index (χ3v) is 4.09. The number of para-hydroxylation sites is 1. The molecule has 132 valence electrons. The molecule has 0 aliphatic rings. The summed E-state index contributed by atoms with van der Waals surface area (Å²) < 4.78 is 10.3. The summed E-state index contributed by atoms with van der Waals surface area (Å²) >= 11 is 0. The first kappa shape index (κ1) is 18.5. The summed E-state index contributed by atoms with van der Waals surface area (Å²) in [6, 6.07) is 17.8. The number of carbonyl (C=O) groups excluding carboxylic acids is 2. The van der Waals surface area contributed by atoms with E-state index in [0.717, 1.165) is 5.69 Å². The highest BCUT2D eigenvalue weighted by atomic mass is 16.5. The van der Waals surface area contributed by atoms with E-state index in [4.69, 9.17) is 9.47 Å². The minimum absolute atomic E-state index is 0.0325. The summed E-state index contributed by atoms with van der Waals surface area (Å²) in [7, 11) is 1.35. The van der Waals surface area contributed by atoms with Crippen LogP contribution in [0, 0.1) is 5.41 Å². The fourth-order valence-electron chi connectivity index (χ4n) is 2.39. The highest BCUT2D eigenvalue weighted by molar-refractivity contribution is 5.89. The molecule has 0 spiro atoms. The topological polar surface area (TPSA) is 64.6 Å². The Morgan fingerprint density at radius 3 is 2.12 bits per heavy atom. The van der Waals surface area contributed by atoms with E-state index in [2.05, 4.69) is 5.32 Å². The molecular formula is C20H23NO4. The number of hydrogen-bond donors (Lipinski definition) is 1. The van der Waals surface area contributed by atoms with Crippen LogP contribution in [0.1, 0.15) is 24.2 Å². The van der Waals surface area contributed by atoms with E-state index in [-0.39, 0.29) is 12.6 Å². The highest BCUT2D eigenvalue weighted by Crippen LogP contribution is 2.26. The number of carbonyl (C=O) groups is 2. The quantitative estimate of drug-likeness (QED) is 0.781. The molecule has 0 aliphatic heterocycles. The molecule has 0 amide bonds. The standard InChI is InChI=1S/C20H23NO4/c1-20(2,19(23)24-3)17(21-16-12-8-5-9-13-16)14-25-18(22)15-10-6-4-7-11-15/h4-13,17,21H,14H2,1-3H3. The van der Waals surface area contributed by atoms with E-state index in [9.17, 15) is 9.59 Å². The minimum Gasteiger partial charge on any atom is -0.469 e. The molecule has 2 aromatic carbocycles.